The number of rotatable bonds is 6. The Balaban J connectivity index is 2.36. The maximum Gasteiger partial charge on any atom is 0.275 e. The molecule has 0 fully saturated rings. The monoisotopic (exact) mass is 246 g/mol. The van der Waals surface area contributed by atoms with E-state index in [4.69, 9.17) is 10.9 Å². The van der Waals surface area contributed by atoms with Gasteiger partial charge >= 0.3 is 0 Å². The summed E-state index contributed by atoms with van der Waals surface area (Å²) in [5.41, 5.74) is 2.10. The zero-order valence-corrected chi connectivity index (χ0v) is 9.87. The second kappa shape index (κ2) is 6.84. The van der Waals surface area contributed by atoms with E-state index >= 15 is 0 Å². The summed E-state index contributed by atoms with van der Waals surface area (Å²) in [4.78, 5) is 12.9. The predicted octanol–water partition coefficient (Wildman–Crippen LogP) is 0.967. The Hall–Kier alpha value is -0.560. The molecule has 0 aliphatic rings. The van der Waals surface area contributed by atoms with Gasteiger partial charge in [-0.05, 0) is 24.3 Å². The SMILES string of the molecule is NNC(=O)c1ccc(CSCCCO)s1. The molecule has 4 N–H and O–H groups in total. The number of aliphatic hydroxyl groups is 1. The van der Waals surface area contributed by atoms with Crippen molar-refractivity contribution in [2.75, 3.05) is 12.4 Å². The van der Waals surface area contributed by atoms with Crippen molar-refractivity contribution in [3.63, 3.8) is 0 Å². The van der Waals surface area contributed by atoms with Crippen LogP contribution in [0.1, 0.15) is 21.0 Å². The van der Waals surface area contributed by atoms with E-state index in [0.717, 1.165) is 22.8 Å². The highest BCUT2D eigenvalue weighted by atomic mass is 32.2. The fourth-order valence-corrected chi connectivity index (χ4v) is 2.95. The maximum absolute atomic E-state index is 11.1. The molecule has 0 saturated carbocycles. The second-order valence-electron chi connectivity index (χ2n) is 2.87. The van der Waals surface area contributed by atoms with Gasteiger partial charge in [0.2, 0.25) is 0 Å². The first-order chi connectivity index (χ1) is 7.27. The normalized spacial score (nSPS) is 10.3. The molecule has 0 radical (unpaired) electrons. The third kappa shape index (κ3) is 4.21. The van der Waals surface area contributed by atoms with Crippen LogP contribution in [0.5, 0.6) is 0 Å². The lowest BCUT2D eigenvalue weighted by atomic mass is 10.4. The molecule has 0 saturated heterocycles. The lowest BCUT2D eigenvalue weighted by molar-refractivity contribution is 0.0957. The van der Waals surface area contributed by atoms with Gasteiger partial charge in [0.05, 0.1) is 4.88 Å². The van der Waals surface area contributed by atoms with Crippen molar-refractivity contribution in [2.24, 2.45) is 5.84 Å². The van der Waals surface area contributed by atoms with Crippen LogP contribution in [-0.4, -0.2) is 23.4 Å². The molecular formula is C9H14N2O2S2. The number of nitrogens with two attached hydrogens (primary N) is 1. The molecule has 0 aliphatic carbocycles. The summed E-state index contributed by atoms with van der Waals surface area (Å²) in [5.74, 6) is 6.60. The van der Waals surface area contributed by atoms with Gasteiger partial charge in [0.25, 0.3) is 5.91 Å². The smallest absolute Gasteiger partial charge is 0.275 e. The van der Waals surface area contributed by atoms with Crippen LogP contribution in [0.4, 0.5) is 0 Å². The number of hydrogen-bond acceptors (Lipinski definition) is 5. The summed E-state index contributed by atoms with van der Waals surface area (Å²) in [7, 11) is 0. The highest BCUT2D eigenvalue weighted by molar-refractivity contribution is 7.98. The molecule has 1 aromatic rings. The van der Waals surface area contributed by atoms with E-state index < -0.39 is 0 Å². The Morgan fingerprint density at radius 2 is 2.40 bits per heavy atom. The van der Waals surface area contributed by atoms with Gasteiger partial charge in [0.15, 0.2) is 0 Å². The zero-order chi connectivity index (χ0) is 11.1. The minimum Gasteiger partial charge on any atom is -0.396 e. The molecule has 6 heteroatoms. The largest absolute Gasteiger partial charge is 0.396 e. The molecule has 0 bridgehead atoms. The van der Waals surface area contributed by atoms with Crippen LogP contribution in [0, 0.1) is 0 Å². The molecule has 1 aromatic heterocycles. The van der Waals surface area contributed by atoms with Crippen LogP contribution < -0.4 is 11.3 Å². The van der Waals surface area contributed by atoms with Gasteiger partial charge in [0, 0.05) is 17.2 Å². The number of hydrogen-bond donors (Lipinski definition) is 3. The second-order valence-corrected chi connectivity index (χ2v) is 5.14. The molecule has 0 aromatic carbocycles. The van der Waals surface area contributed by atoms with Crippen LogP contribution in [-0.2, 0) is 5.75 Å². The van der Waals surface area contributed by atoms with Gasteiger partial charge in [0.1, 0.15) is 0 Å². The third-order valence-electron chi connectivity index (χ3n) is 1.71. The van der Waals surface area contributed by atoms with Crippen LogP contribution in [0.2, 0.25) is 0 Å². The molecule has 0 spiro atoms. The number of hydrazine groups is 1. The topological polar surface area (TPSA) is 75.3 Å². The van der Waals surface area contributed by atoms with E-state index in [1.54, 1.807) is 17.8 Å². The van der Waals surface area contributed by atoms with Gasteiger partial charge in [-0.2, -0.15) is 11.8 Å². The van der Waals surface area contributed by atoms with Gasteiger partial charge < -0.3 is 5.11 Å². The Morgan fingerprint density at radius 3 is 3.07 bits per heavy atom. The number of carbonyl (C=O) groups is 1. The fraction of sp³-hybridized carbons (Fsp3) is 0.444. The van der Waals surface area contributed by atoms with Crippen molar-refractivity contribution in [2.45, 2.75) is 12.2 Å². The predicted molar refractivity (Wildman–Crippen MR) is 63.8 cm³/mol. The summed E-state index contributed by atoms with van der Waals surface area (Å²) in [6, 6.07) is 3.70. The minimum atomic E-state index is -0.244. The van der Waals surface area contributed by atoms with Crippen LogP contribution in [0.25, 0.3) is 0 Å². The van der Waals surface area contributed by atoms with Crippen molar-refractivity contribution in [1.29, 1.82) is 0 Å². The molecule has 0 atom stereocenters. The third-order valence-corrected chi connectivity index (χ3v) is 4.07. The number of carbonyl (C=O) groups excluding carboxylic acids is 1. The zero-order valence-electron chi connectivity index (χ0n) is 8.23. The molecule has 1 heterocycles. The van der Waals surface area contributed by atoms with Gasteiger partial charge in [-0.3, -0.25) is 10.2 Å². The number of amides is 1. The highest BCUT2D eigenvalue weighted by Crippen LogP contribution is 2.21. The van der Waals surface area contributed by atoms with Gasteiger partial charge in [-0.1, -0.05) is 0 Å². The molecule has 4 nitrogen and oxygen atoms in total. The fourth-order valence-electron chi connectivity index (χ4n) is 0.988. The van der Waals surface area contributed by atoms with E-state index in [1.165, 1.54) is 11.3 Å². The standard InChI is InChI=1S/C9H14N2O2S2/c10-11-9(13)8-3-2-7(15-8)6-14-5-1-4-12/h2-3,12H,1,4-6,10H2,(H,11,13). The van der Waals surface area contributed by atoms with Crippen molar-refractivity contribution in [3.8, 4) is 0 Å². The van der Waals surface area contributed by atoms with Gasteiger partial charge in [-0.25, -0.2) is 5.84 Å². The van der Waals surface area contributed by atoms with Crippen molar-refractivity contribution in [1.82, 2.24) is 5.43 Å². The Bertz CT molecular complexity index is 315. The molecule has 1 rings (SSSR count). The number of aliphatic hydroxyl groups excluding tert-OH is 1. The molecule has 15 heavy (non-hydrogen) atoms. The Morgan fingerprint density at radius 1 is 1.60 bits per heavy atom. The number of nitrogens with one attached hydrogen (secondary N) is 1. The number of nitrogen functional groups attached to an aromatic ring is 1. The maximum atomic E-state index is 11.1. The molecule has 1 amide bonds. The minimum absolute atomic E-state index is 0.234. The number of thioether (sulfide) groups is 1. The molecular weight excluding hydrogens is 232 g/mol. The molecule has 0 unspecified atom stereocenters. The van der Waals surface area contributed by atoms with E-state index in [0.29, 0.717) is 4.88 Å². The summed E-state index contributed by atoms with van der Waals surface area (Å²) in [5, 5.41) is 8.59. The first kappa shape index (κ1) is 12.5. The van der Waals surface area contributed by atoms with Crippen molar-refractivity contribution in [3.05, 3.63) is 21.9 Å². The first-order valence-corrected chi connectivity index (χ1v) is 6.53. The van der Waals surface area contributed by atoms with Crippen LogP contribution >= 0.6 is 23.1 Å². The number of thiophene rings is 1. The lowest BCUT2D eigenvalue weighted by Crippen LogP contribution is -2.29. The van der Waals surface area contributed by atoms with Crippen LogP contribution in [0.15, 0.2) is 12.1 Å². The molecule has 0 aliphatic heterocycles. The van der Waals surface area contributed by atoms with E-state index in [1.807, 2.05) is 6.07 Å². The van der Waals surface area contributed by atoms with E-state index in [-0.39, 0.29) is 12.5 Å². The molecule has 84 valence electrons. The van der Waals surface area contributed by atoms with Crippen molar-refractivity contribution >= 4 is 29.0 Å². The average molecular weight is 246 g/mol. The summed E-state index contributed by atoms with van der Waals surface area (Å²) >= 11 is 3.20. The van der Waals surface area contributed by atoms with E-state index in [9.17, 15) is 4.79 Å². The summed E-state index contributed by atoms with van der Waals surface area (Å²) < 4.78 is 0. The quantitative estimate of drug-likeness (QED) is 0.302. The van der Waals surface area contributed by atoms with E-state index in [2.05, 4.69) is 5.43 Å². The highest BCUT2D eigenvalue weighted by Gasteiger charge is 2.06. The summed E-state index contributed by atoms with van der Waals surface area (Å²) in [6.45, 7) is 0.234. The Labute approximate surface area is 96.8 Å². The van der Waals surface area contributed by atoms with Crippen LogP contribution in [0.3, 0.4) is 0 Å². The first-order valence-electron chi connectivity index (χ1n) is 4.56. The van der Waals surface area contributed by atoms with Gasteiger partial charge in [-0.15, -0.1) is 11.3 Å². The van der Waals surface area contributed by atoms with Crippen molar-refractivity contribution < 1.29 is 9.90 Å². The average Bonchev–Trinajstić information content (AvgIpc) is 2.72. The lowest BCUT2D eigenvalue weighted by Gasteiger charge is -1.97. The Kier molecular flexibility index (Phi) is 5.70. The summed E-state index contributed by atoms with van der Waals surface area (Å²) in [6.07, 6.45) is 0.812.